The highest BCUT2D eigenvalue weighted by atomic mass is 14.1. The van der Waals surface area contributed by atoms with E-state index in [9.17, 15) is 0 Å². The summed E-state index contributed by atoms with van der Waals surface area (Å²) in [6.45, 7) is 4.38. The molecule has 0 amide bonds. The third kappa shape index (κ3) is 2.11. The quantitative estimate of drug-likeness (QED) is 0.684. The van der Waals surface area contributed by atoms with Gasteiger partial charge in [-0.2, -0.15) is 0 Å². The van der Waals surface area contributed by atoms with E-state index in [0.717, 1.165) is 0 Å². The molecule has 16 heavy (non-hydrogen) atoms. The molecule has 0 spiro atoms. The fourth-order valence-corrected chi connectivity index (χ4v) is 2.27. The van der Waals surface area contributed by atoms with Crippen LogP contribution in [0.2, 0.25) is 0 Å². The van der Waals surface area contributed by atoms with Gasteiger partial charge in [0.25, 0.3) is 0 Å². The van der Waals surface area contributed by atoms with E-state index in [0.29, 0.717) is 0 Å². The van der Waals surface area contributed by atoms with Crippen LogP contribution in [0.3, 0.4) is 0 Å². The monoisotopic (exact) mass is 211 g/mol. The van der Waals surface area contributed by atoms with Crippen molar-refractivity contribution in [1.29, 1.82) is 0 Å². The first kappa shape index (κ1) is 11.2. The Labute approximate surface area is 98.3 Å². The van der Waals surface area contributed by atoms with Crippen molar-refractivity contribution in [2.24, 2.45) is 0 Å². The first-order valence-electron chi connectivity index (χ1n) is 6.16. The summed E-state index contributed by atoms with van der Waals surface area (Å²) in [4.78, 5) is 0. The largest absolute Gasteiger partial charge is 0.0654 e. The molecule has 0 fully saturated rings. The Bertz CT molecular complexity index is 468. The zero-order valence-corrected chi connectivity index (χ0v) is 10.2. The minimum Gasteiger partial charge on any atom is -0.0654 e. The summed E-state index contributed by atoms with van der Waals surface area (Å²) in [6.07, 6.45) is 5.98. The van der Waals surface area contributed by atoms with E-state index in [1.807, 2.05) is 0 Å². The van der Waals surface area contributed by atoms with Crippen molar-refractivity contribution in [3.8, 4) is 0 Å². The summed E-state index contributed by atoms with van der Waals surface area (Å²) in [5.41, 5.74) is 2.91. The van der Waals surface area contributed by atoms with E-state index in [-0.39, 0.29) is 0 Å². The Balaban J connectivity index is 2.50. The second-order valence-corrected chi connectivity index (χ2v) is 4.25. The van der Waals surface area contributed by atoms with Gasteiger partial charge in [0.05, 0.1) is 0 Å². The number of hydrogen-bond donors (Lipinski definition) is 0. The van der Waals surface area contributed by atoms with Crippen molar-refractivity contribution in [1.82, 2.24) is 0 Å². The summed E-state index contributed by atoms with van der Waals surface area (Å²) in [7, 11) is 0. The average Bonchev–Trinajstić information content (AvgIpc) is 2.35. The summed E-state index contributed by atoms with van der Waals surface area (Å²) >= 11 is 0. The van der Waals surface area contributed by atoms with Gasteiger partial charge in [0, 0.05) is 0 Å². The van der Waals surface area contributed by atoms with Crippen LogP contribution in [0.4, 0.5) is 0 Å². The van der Waals surface area contributed by atoms with Crippen LogP contribution in [0.5, 0.6) is 0 Å². The molecule has 0 bridgehead atoms. The van der Waals surface area contributed by atoms with E-state index < -0.39 is 0 Å². The third-order valence-corrected chi connectivity index (χ3v) is 3.15. The maximum absolute atomic E-state index is 2.29. The number of hydrogen-bond acceptors (Lipinski definition) is 0. The fraction of sp³-hybridized carbons (Fsp3) is 0.312. The Kier molecular flexibility index (Phi) is 3.61. The molecule has 2 aromatic rings. The van der Waals surface area contributed by atoms with Crippen molar-refractivity contribution in [3.05, 3.63) is 53.9 Å². The second-order valence-electron chi connectivity index (χ2n) is 4.25. The van der Waals surface area contributed by atoms with E-state index in [1.54, 1.807) is 0 Å². The molecule has 0 aliphatic carbocycles. The standard InChI is InChI=1S/C16H19/c1-3-5-8-13-11-12-14-9-6-7-10-16(14)15(13)4-2/h4,6-7,9-12H,3,5,8H2,1-2H3. The second kappa shape index (κ2) is 5.16. The number of unbranched alkanes of at least 4 members (excludes halogenated alkanes) is 1. The summed E-state index contributed by atoms with van der Waals surface area (Å²) in [5.74, 6) is 0. The maximum Gasteiger partial charge on any atom is -0.0115 e. The number of fused-ring (bicyclic) bond motifs is 1. The van der Waals surface area contributed by atoms with Crippen molar-refractivity contribution < 1.29 is 0 Å². The first-order valence-corrected chi connectivity index (χ1v) is 6.16. The molecule has 0 aromatic heterocycles. The molecule has 2 rings (SSSR count). The van der Waals surface area contributed by atoms with E-state index >= 15 is 0 Å². The zero-order chi connectivity index (χ0) is 11.4. The van der Waals surface area contributed by atoms with Gasteiger partial charge in [0.2, 0.25) is 0 Å². The van der Waals surface area contributed by atoms with Gasteiger partial charge in [-0.05, 0) is 41.2 Å². The number of benzene rings is 2. The van der Waals surface area contributed by atoms with Crippen LogP contribution in [0.15, 0.2) is 36.4 Å². The molecule has 0 atom stereocenters. The van der Waals surface area contributed by atoms with Crippen LogP contribution in [0.25, 0.3) is 10.8 Å². The molecular weight excluding hydrogens is 192 g/mol. The lowest BCUT2D eigenvalue weighted by Crippen LogP contribution is -1.93. The molecule has 0 aliphatic rings. The van der Waals surface area contributed by atoms with E-state index in [2.05, 4.69) is 56.7 Å². The highest BCUT2D eigenvalue weighted by Crippen LogP contribution is 2.25. The van der Waals surface area contributed by atoms with Crippen molar-refractivity contribution >= 4 is 10.8 Å². The fourth-order valence-electron chi connectivity index (χ4n) is 2.27. The molecule has 0 nitrogen and oxygen atoms in total. The predicted octanol–water partition coefficient (Wildman–Crippen LogP) is 4.75. The summed E-state index contributed by atoms with van der Waals surface area (Å²) in [5, 5.41) is 2.73. The molecule has 0 heteroatoms. The zero-order valence-electron chi connectivity index (χ0n) is 10.2. The van der Waals surface area contributed by atoms with Crippen LogP contribution in [-0.2, 0) is 6.42 Å². The molecule has 2 aromatic carbocycles. The maximum atomic E-state index is 2.29. The van der Waals surface area contributed by atoms with E-state index in [1.165, 1.54) is 41.2 Å². The summed E-state index contributed by atoms with van der Waals surface area (Å²) < 4.78 is 0. The minimum atomic E-state index is 1.20. The van der Waals surface area contributed by atoms with Gasteiger partial charge in [-0.3, -0.25) is 0 Å². The highest BCUT2D eigenvalue weighted by molar-refractivity contribution is 5.87. The van der Waals surface area contributed by atoms with Gasteiger partial charge in [-0.1, -0.05) is 56.7 Å². The molecule has 0 N–H and O–H groups in total. The van der Waals surface area contributed by atoms with Crippen LogP contribution in [0.1, 0.15) is 37.8 Å². The molecule has 83 valence electrons. The Morgan fingerprint density at radius 3 is 2.62 bits per heavy atom. The third-order valence-electron chi connectivity index (χ3n) is 3.15. The van der Waals surface area contributed by atoms with Gasteiger partial charge >= 0.3 is 0 Å². The Morgan fingerprint density at radius 2 is 1.88 bits per heavy atom. The lowest BCUT2D eigenvalue weighted by molar-refractivity contribution is 0.793. The number of aryl methyl sites for hydroxylation is 1. The molecule has 0 saturated carbocycles. The average molecular weight is 211 g/mol. The minimum absolute atomic E-state index is 1.20. The molecule has 0 aliphatic heterocycles. The molecule has 1 radical (unpaired) electrons. The Hall–Kier alpha value is -1.30. The molecule has 0 saturated heterocycles. The number of rotatable bonds is 4. The lowest BCUT2D eigenvalue weighted by Gasteiger charge is -2.11. The van der Waals surface area contributed by atoms with Gasteiger partial charge in [0.1, 0.15) is 0 Å². The molecular formula is C16H19. The highest BCUT2D eigenvalue weighted by Gasteiger charge is 2.05. The van der Waals surface area contributed by atoms with Crippen LogP contribution in [0, 0.1) is 6.42 Å². The predicted molar refractivity (Wildman–Crippen MR) is 71.6 cm³/mol. The topological polar surface area (TPSA) is 0 Å². The van der Waals surface area contributed by atoms with E-state index in [4.69, 9.17) is 0 Å². The van der Waals surface area contributed by atoms with Crippen LogP contribution in [-0.4, -0.2) is 0 Å². The van der Waals surface area contributed by atoms with Crippen LogP contribution < -0.4 is 0 Å². The van der Waals surface area contributed by atoms with Gasteiger partial charge in [-0.25, -0.2) is 0 Å². The normalized spacial score (nSPS) is 10.9. The Morgan fingerprint density at radius 1 is 1.06 bits per heavy atom. The lowest BCUT2D eigenvalue weighted by atomic mass is 9.94. The first-order chi connectivity index (χ1) is 7.86. The van der Waals surface area contributed by atoms with Gasteiger partial charge in [-0.15, -0.1) is 0 Å². The van der Waals surface area contributed by atoms with Crippen molar-refractivity contribution in [2.75, 3.05) is 0 Å². The van der Waals surface area contributed by atoms with Crippen LogP contribution >= 0.6 is 0 Å². The smallest absolute Gasteiger partial charge is 0.0115 e. The molecule has 0 unspecified atom stereocenters. The van der Waals surface area contributed by atoms with Gasteiger partial charge in [0.15, 0.2) is 0 Å². The summed E-state index contributed by atoms with van der Waals surface area (Å²) in [6, 6.07) is 13.2. The molecule has 0 heterocycles. The van der Waals surface area contributed by atoms with Crippen molar-refractivity contribution in [2.45, 2.75) is 33.1 Å². The SMILES string of the molecule is C[CH]c1c(CCCC)ccc2ccccc12. The van der Waals surface area contributed by atoms with Crippen molar-refractivity contribution in [3.63, 3.8) is 0 Å². The van der Waals surface area contributed by atoms with Gasteiger partial charge < -0.3 is 0 Å².